The Morgan fingerprint density at radius 1 is 1.26 bits per heavy atom. The van der Waals surface area contributed by atoms with Gasteiger partial charge in [-0.05, 0) is 0 Å². The van der Waals surface area contributed by atoms with Crippen molar-refractivity contribution in [3.8, 4) is 0 Å². The summed E-state index contributed by atoms with van der Waals surface area (Å²) in [5, 5.41) is 2.56. The lowest BCUT2D eigenvalue weighted by atomic mass is 9.96. The van der Waals surface area contributed by atoms with E-state index in [1.54, 1.807) is 0 Å². The average Bonchev–Trinajstić information content (AvgIpc) is 2.25. The van der Waals surface area contributed by atoms with Gasteiger partial charge in [0.05, 0.1) is 23.8 Å². The van der Waals surface area contributed by atoms with Gasteiger partial charge in [0.15, 0.2) is 0 Å². The summed E-state index contributed by atoms with van der Waals surface area (Å²) in [5.41, 5.74) is 0.310. The number of nitrogens with zero attached hydrogens (tertiary/aromatic N) is 2. The highest BCUT2D eigenvalue weighted by atomic mass is 32.2. The van der Waals surface area contributed by atoms with Gasteiger partial charge >= 0.3 is 0 Å². The summed E-state index contributed by atoms with van der Waals surface area (Å²) in [5.74, 6) is 0.152. The number of amides is 1. The maximum Gasteiger partial charge on any atom is 0.225 e. The summed E-state index contributed by atoms with van der Waals surface area (Å²) in [7, 11) is -3.13. The van der Waals surface area contributed by atoms with E-state index in [0.717, 1.165) is 6.26 Å². The predicted octanol–water partition coefficient (Wildman–Crippen LogP) is 1.15. The standard InChI is InChI=1S/C12H19N3O3S/c1-12(2,3)11-13-7-9(8-14-11)15-10(16)5-6-19(4,17)18/h7-8H,5-6H2,1-4H3,(H,15,16). The monoisotopic (exact) mass is 285 g/mol. The Hall–Kier alpha value is -1.50. The first-order valence-corrected chi connectivity index (χ1v) is 7.94. The van der Waals surface area contributed by atoms with Crippen LogP contribution in [0.5, 0.6) is 0 Å². The summed E-state index contributed by atoms with van der Waals surface area (Å²) < 4.78 is 21.9. The van der Waals surface area contributed by atoms with E-state index >= 15 is 0 Å². The van der Waals surface area contributed by atoms with Crippen molar-refractivity contribution in [2.45, 2.75) is 32.6 Å². The van der Waals surface area contributed by atoms with Crippen LogP contribution in [-0.4, -0.2) is 36.3 Å². The van der Waals surface area contributed by atoms with E-state index < -0.39 is 9.84 Å². The van der Waals surface area contributed by atoms with E-state index in [2.05, 4.69) is 15.3 Å². The highest BCUT2D eigenvalue weighted by Gasteiger charge is 2.17. The first kappa shape index (κ1) is 15.6. The van der Waals surface area contributed by atoms with Crippen LogP contribution in [0.4, 0.5) is 5.69 Å². The minimum atomic E-state index is -3.13. The fourth-order valence-corrected chi connectivity index (χ4v) is 1.84. The molecular formula is C12H19N3O3S. The zero-order chi connectivity index (χ0) is 14.7. The number of carbonyl (C=O) groups is 1. The average molecular weight is 285 g/mol. The molecule has 0 bridgehead atoms. The third kappa shape index (κ3) is 5.78. The SMILES string of the molecule is CC(C)(C)c1ncc(NC(=O)CCS(C)(=O)=O)cn1. The van der Waals surface area contributed by atoms with Crippen molar-refractivity contribution in [3.05, 3.63) is 18.2 Å². The van der Waals surface area contributed by atoms with E-state index in [1.165, 1.54) is 12.4 Å². The van der Waals surface area contributed by atoms with E-state index in [1.807, 2.05) is 20.8 Å². The number of aromatic nitrogens is 2. The van der Waals surface area contributed by atoms with Crippen LogP contribution < -0.4 is 5.32 Å². The van der Waals surface area contributed by atoms with Gasteiger partial charge in [-0.2, -0.15) is 0 Å². The minimum Gasteiger partial charge on any atom is -0.323 e. The van der Waals surface area contributed by atoms with Crippen LogP contribution in [0.15, 0.2) is 12.4 Å². The van der Waals surface area contributed by atoms with Crippen LogP contribution in [0.3, 0.4) is 0 Å². The fourth-order valence-electron chi connectivity index (χ4n) is 1.28. The van der Waals surface area contributed by atoms with Gasteiger partial charge < -0.3 is 5.32 Å². The Morgan fingerprint density at radius 2 is 1.79 bits per heavy atom. The summed E-state index contributed by atoms with van der Waals surface area (Å²) in [6.07, 6.45) is 4.07. The van der Waals surface area contributed by atoms with Gasteiger partial charge in [-0.3, -0.25) is 4.79 Å². The number of nitrogens with one attached hydrogen (secondary N) is 1. The van der Waals surface area contributed by atoms with Gasteiger partial charge in [0.25, 0.3) is 0 Å². The van der Waals surface area contributed by atoms with Crippen molar-refractivity contribution >= 4 is 21.4 Å². The number of rotatable bonds is 4. The smallest absolute Gasteiger partial charge is 0.225 e. The minimum absolute atomic E-state index is 0.0696. The number of sulfone groups is 1. The maximum absolute atomic E-state index is 11.5. The molecule has 1 N–H and O–H groups in total. The molecule has 1 rings (SSSR count). The van der Waals surface area contributed by atoms with Crippen LogP contribution in [0.1, 0.15) is 33.0 Å². The van der Waals surface area contributed by atoms with Gasteiger partial charge in [0, 0.05) is 18.1 Å². The molecule has 106 valence electrons. The van der Waals surface area contributed by atoms with E-state index in [9.17, 15) is 13.2 Å². The first-order valence-electron chi connectivity index (χ1n) is 5.88. The van der Waals surface area contributed by atoms with E-state index in [-0.39, 0.29) is 23.5 Å². The molecule has 0 aliphatic rings. The first-order chi connectivity index (χ1) is 8.58. The summed E-state index contributed by atoms with van der Waals surface area (Å²) in [4.78, 5) is 19.8. The van der Waals surface area contributed by atoms with Crippen LogP contribution >= 0.6 is 0 Å². The molecule has 0 saturated carbocycles. The van der Waals surface area contributed by atoms with Crippen molar-refractivity contribution in [1.82, 2.24) is 9.97 Å². The maximum atomic E-state index is 11.5. The van der Waals surface area contributed by atoms with Crippen LogP contribution in [0, 0.1) is 0 Å². The second kappa shape index (κ2) is 5.64. The molecule has 19 heavy (non-hydrogen) atoms. The summed E-state index contributed by atoms with van der Waals surface area (Å²) in [6, 6.07) is 0. The van der Waals surface area contributed by atoms with Crippen LogP contribution in [0.25, 0.3) is 0 Å². The number of hydrogen-bond donors (Lipinski definition) is 1. The number of carbonyl (C=O) groups excluding carboxylic acids is 1. The van der Waals surface area contributed by atoms with Crippen molar-refractivity contribution in [3.63, 3.8) is 0 Å². The Bertz CT molecular complexity index is 545. The lowest BCUT2D eigenvalue weighted by Gasteiger charge is -2.16. The molecule has 7 heteroatoms. The number of hydrogen-bond acceptors (Lipinski definition) is 5. The second-order valence-electron chi connectivity index (χ2n) is 5.47. The molecule has 0 spiro atoms. The van der Waals surface area contributed by atoms with Crippen LogP contribution in [0.2, 0.25) is 0 Å². The van der Waals surface area contributed by atoms with Gasteiger partial charge in [0.1, 0.15) is 15.7 Å². The quantitative estimate of drug-likeness (QED) is 0.896. The normalized spacial score (nSPS) is 12.2. The molecule has 6 nitrogen and oxygen atoms in total. The second-order valence-corrected chi connectivity index (χ2v) is 7.73. The zero-order valence-corrected chi connectivity index (χ0v) is 12.4. The Kier molecular flexibility index (Phi) is 4.62. The molecule has 1 aromatic rings. The predicted molar refractivity (Wildman–Crippen MR) is 73.7 cm³/mol. The molecule has 0 aromatic carbocycles. The van der Waals surface area contributed by atoms with Crippen LogP contribution in [-0.2, 0) is 20.0 Å². The molecule has 1 heterocycles. The van der Waals surface area contributed by atoms with Crippen molar-refractivity contribution in [2.75, 3.05) is 17.3 Å². The highest BCUT2D eigenvalue weighted by molar-refractivity contribution is 7.90. The van der Waals surface area contributed by atoms with Gasteiger partial charge in [-0.25, -0.2) is 18.4 Å². The molecule has 0 saturated heterocycles. The van der Waals surface area contributed by atoms with E-state index in [0.29, 0.717) is 11.5 Å². The molecule has 0 unspecified atom stereocenters. The third-order valence-corrected chi connectivity index (χ3v) is 3.25. The van der Waals surface area contributed by atoms with Gasteiger partial charge in [0.2, 0.25) is 5.91 Å². The Labute approximate surface area is 113 Å². The number of anilines is 1. The molecule has 0 aliphatic heterocycles. The highest BCUT2D eigenvalue weighted by Crippen LogP contribution is 2.18. The third-order valence-electron chi connectivity index (χ3n) is 2.31. The molecule has 0 aliphatic carbocycles. The lowest BCUT2D eigenvalue weighted by Crippen LogP contribution is -2.18. The zero-order valence-electron chi connectivity index (χ0n) is 11.6. The molecule has 0 radical (unpaired) electrons. The van der Waals surface area contributed by atoms with Crippen molar-refractivity contribution in [2.24, 2.45) is 0 Å². The molecule has 0 fully saturated rings. The van der Waals surface area contributed by atoms with Gasteiger partial charge in [-0.15, -0.1) is 0 Å². The lowest BCUT2D eigenvalue weighted by molar-refractivity contribution is -0.115. The van der Waals surface area contributed by atoms with Crippen molar-refractivity contribution in [1.29, 1.82) is 0 Å². The van der Waals surface area contributed by atoms with Gasteiger partial charge in [-0.1, -0.05) is 20.8 Å². The molecular weight excluding hydrogens is 266 g/mol. The summed E-state index contributed by atoms with van der Waals surface area (Å²) in [6.45, 7) is 5.98. The van der Waals surface area contributed by atoms with Crippen molar-refractivity contribution < 1.29 is 13.2 Å². The molecule has 1 aromatic heterocycles. The van der Waals surface area contributed by atoms with E-state index in [4.69, 9.17) is 0 Å². The molecule has 0 atom stereocenters. The largest absolute Gasteiger partial charge is 0.323 e. The fraction of sp³-hybridized carbons (Fsp3) is 0.583. The topological polar surface area (TPSA) is 89.0 Å². The molecule has 1 amide bonds. The Morgan fingerprint density at radius 3 is 2.21 bits per heavy atom. The summed E-state index contributed by atoms with van der Waals surface area (Å²) >= 11 is 0. The Balaban J connectivity index is 2.61.